The number of hydrogen-bond acceptors (Lipinski definition) is 5. The summed E-state index contributed by atoms with van der Waals surface area (Å²) in [6.07, 6.45) is 2.55. The number of sulfonamides is 1. The molecule has 1 saturated carbocycles. The predicted molar refractivity (Wildman–Crippen MR) is 114 cm³/mol. The van der Waals surface area contributed by atoms with Crippen LogP contribution in [0, 0.1) is 12.3 Å². The molecule has 8 heteroatoms. The Labute approximate surface area is 180 Å². The summed E-state index contributed by atoms with van der Waals surface area (Å²) in [4.78, 5) is 0.255. The minimum Gasteiger partial charge on any atom is -0.420 e. The van der Waals surface area contributed by atoms with Gasteiger partial charge in [0.05, 0.1) is 4.90 Å². The van der Waals surface area contributed by atoms with Gasteiger partial charge in [0.25, 0.3) is 0 Å². The molecule has 1 aliphatic carbocycles. The Morgan fingerprint density at radius 3 is 2.53 bits per heavy atom. The summed E-state index contributed by atoms with van der Waals surface area (Å²) in [7, 11) is -3.54. The molecule has 2 aliphatic rings. The summed E-state index contributed by atoms with van der Waals surface area (Å²) < 4.78 is 33.5. The second kappa shape index (κ2) is 7.18. The Bertz CT molecular complexity index is 1190. The molecule has 1 spiro atoms. The van der Waals surface area contributed by atoms with Crippen LogP contribution in [0.5, 0.6) is 0 Å². The lowest BCUT2D eigenvalue weighted by molar-refractivity contribution is 0.246. The van der Waals surface area contributed by atoms with Crippen LogP contribution in [0.3, 0.4) is 0 Å². The zero-order valence-corrected chi connectivity index (χ0v) is 18.2. The summed E-state index contributed by atoms with van der Waals surface area (Å²) in [6.45, 7) is 2.84. The molecular formula is C22H22ClN3O3S. The van der Waals surface area contributed by atoms with E-state index in [0.29, 0.717) is 29.9 Å². The van der Waals surface area contributed by atoms with E-state index in [4.69, 9.17) is 16.0 Å². The molecule has 0 radical (unpaired) electrons. The highest BCUT2D eigenvalue weighted by molar-refractivity contribution is 7.89. The van der Waals surface area contributed by atoms with Gasteiger partial charge >= 0.3 is 0 Å². The lowest BCUT2D eigenvalue weighted by atomic mass is 9.92. The van der Waals surface area contributed by atoms with E-state index in [1.165, 1.54) is 0 Å². The SMILES string of the molecule is Cc1ccc(S(=O)(=O)N2CCC3(CC2)C[C@@H]3c2nnc(-c3ccccc3)o2)cc1Cl. The van der Waals surface area contributed by atoms with Crippen molar-refractivity contribution in [2.75, 3.05) is 13.1 Å². The van der Waals surface area contributed by atoms with Crippen molar-refractivity contribution in [3.8, 4) is 11.5 Å². The van der Waals surface area contributed by atoms with E-state index < -0.39 is 10.0 Å². The molecular weight excluding hydrogens is 422 g/mol. The van der Waals surface area contributed by atoms with E-state index in [1.807, 2.05) is 37.3 Å². The minimum absolute atomic E-state index is 0.0669. The summed E-state index contributed by atoms with van der Waals surface area (Å²) in [5, 5.41) is 8.94. The van der Waals surface area contributed by atoms with E-state index in [-0.39, 0.29) is 16.2 Å². The monoisotopic (exact) mass is 443 g/mol. The summed E-state index contributed by atoms with van der Waals surface area (Å²) in [5.74, 6) is 1.40. The molecule has 1 saturated heterocycles. The molecule has 156 valence electrons. The summed E-state index contributed by atoms with van der Waals surface area (Å²) >= 11 is 6.14. The van der Waals surface area contributed by atoms with Crippen LogP contribution < -0.4 is 0 Å². The number of piperidine rings is 1. The van der Waals surface area contributed by atoms with Gasteiger partial charge < -0.3 is 4.42 Å². The van der Waals surface area contributed by atoms with E-state index in [9.17, 15) is 8.42 Å². The van der Waals surface area contributed by atoms with Gasteiger partial charge in [-0.1, -0.05) is 35.9 Å². The van der Waals surface area contributed by atoms with Crippen LogP contribution in [0.1, 0.15) is 36.6 Å². The average molecular weight is 444 g/mol. The second-order valence-corrected chi connectivity index (χ2v) is 10.6. The van der Waals surface area contributed by atoms with Crippen LogP contribution in [-0.4, -0.2) is 36.0 Å². The van der Waals surface area contributed by atoms with Crippen molar-refractivity contribution in [2.24, 2.45) is 5.41 Å². The van der Waals surface area contributed by atoms with Crippen LogP contribution in [-0.2, 0) is 10.0 Å². The predicted octanol–water partition coefficient (Wildman–Crippen LogP) is 4.66. The molecule has 2 fully saturated rings. The first kappa shape index (κ1) is 19.7. The van der Waals surface area contributed by atoms with Gasteiger partial charge in [0.15, 0.2) is 0 Å². The van der Waals surface area contributed by atoms with Crippen LogP contribution in [0.15, 0.2) is 57.8 Å². The smallest absolute Gasteiger partial charge is 0.247 e. The maximum absolute atomic E-state index is 13.0. The first-order valence-electron chi connectivity index (χ1n) is 10.0. The number of rotatable bonds is 4. The number of halogens is 1. The third-order valence-electron chi connectivity index (χ3n) is 6.45. The van der Waals surface area contributed by atoms with Crippen molar-refractivity contribution in [1.29, 1.82) is 0 Å². The van der Waals surface area contributed by atoms with Gasteiger partial charge in [-0.15, -0.1) is 10.2 Å². The molecule has 0 N–H and O–H groups in total. The number of benzene rings is 2. The fourth-order valence-electron chi connectivity index (χ4n) is 4.38. The molecule has 2 aromatic carbocycles. The van der Waals surface area contributed by atoms with Gasteiger partial charge in [0.2, 0.25) is 21.8 Å². The highest BCUT2D eigenvalue weighted by Crippen LogP contribution is 2.64. The molecule has 5 rings (SSSR count). The molecule has 6 nitrogen and oxygen atoms in total. The molecule has 1 aliphatic heterocycles. The summed E-state index contributed by atoms with van der Waals surface area (Å²) in [6, 6.07) is 14.6. The molecule has 0 amide bonds. The van der Waals surface area contributed by atoms with Crippen LogP contribution in [0.25, 0.3) is 11.5 Å². The Balaban J connectivity index is 1.28. The molecule has 0 bridgehead atoms. The number of aromatic nitrogens is 2. The average Bonchev–Trinajstić information content (AvgIpc) is 3.22. The summed E-state index contributed by atoms with van der Waals surface area (Å²) in [5.41, 5.74) is 1.84. The fraction of sp³-hybridized carbons (Fsp3) is 0.364. The van der Waals surface area contributed by atoms with E-state index in [0.717, 1.165) is 30.4 Å². The lowest BCUT2D eigenvalue weighted by Crippen LogP contribution is -2.39. The van der Waals surface area contributed by atoms with Gasteiger partial charge in [-0.2, -0.15) is 4.31 Å². The van der Waals surface area contributed by atoms with Crippen molar-refractivity contribution in [1.82, 2.24) is 14.5 Å². The quantitative estimate of drug-likeness (QED) is 0.586. The van der Waals surface area contributed by atoms with Crippen LogP contribution in [0.4, 0.5) is 0 Å². The van der Waals surface area contributed by atoms with Gasteiger partial charge in [-0.25, -0.2) is 8.42 Å². The topological polar surface area (TPSA) is 76.3 Å². The van der Waals surface area contributed by atoms with Crippen molar-refractivity contribution in [2.45, 2.75) is 37.0 Å². The molecule has 1 atom stereocenters. The molecule has 2 heterocycles. The Kier molecular flexibility index (Phi) is 4.72. The van der Waals surface area contributed by atoms with E-state index in [2.05, 4.69) is 10.2 Å². The zero-order chi connectivity index (χ0) is 20.9. The first-order valence-corrected chi connectivity index (χ1v) is 11.9. The lowest BCUT2D eigenvalue weighted by Gasteiger charge is -2.31. The second-order valence-electron chi connectivity index (χ2n) is 8.25. The normalized spacial score (nSPS) is 21.1. The van der Waals surface area contributed by atoms with Gasteiger partial charge in [-0.05, 0) is 61.4 Å². The molecule has 1 aromatic heterocycles. The van der Waals surface area contributed by atoms with Gasteiger partial charge in [0, 0.05) is 29.6 Å². The van der Waals surface area contributed by atoms with Crippen molar-refractivity contribution in [3.05, 3.63) is 65.0 Å². The largest absolute Gasteiger partial charge is 0.420 e. The highest BCUT2D eigenvalue weighted by atomic mass is 35.5. The number of hydrogen-bond donors (Lipinski definition) is 0. The van der Waals surface area contributed by atoms with E-state index in [1.54, 1.807) is 22.5 Å². The van der Waals surface area contributed by atoms with Crippen molar-refractivity contribution >= 4 is 21.6 Å². The molecule has 3 aromatic rings. The van der Waals surface area contributed by atoms with Crippen LogP contribution >= 0.6 is 11.6 Å². The Morgan fingerprint density at radius 1 is 1.10 bits per heavy atom. The zero-order valence-electron chi connectivity index (χ0n) is 16.6. The third-order valence-corrected chi connectivity index (χ3v) is 8.75. The maximum atomic E-state index is 13.0. The number of nitrogens with zero attached hydrogens (tertiary/aromatic N) is 3. The first-order chi connectivity index (χ1) is 14.4. The Morgan fingerprint density at radius 2 is 1.83 bits per heavy atom. The van der Waals surface area contributed by atoms with E-state index >= 15 is 0 Å². The van der Waals surface area contributed by atoms with Gasteiger partial charge in [-0.3, -0.25) is 0 Å². The molecule has 0 unspecified atom stereocenters. The van der Waals surface area contributed by atoms with Crippen LogP contribution in [0.2, 0.25) is 5.02 Å². The number of aryl methyl sites for hydroxylation is 1. The van der Waals surface area contributed by atoms with Crippen molar-refractivity contribution in [3.63, 3.8) is 0 Å². The van der Waals surface area contributed by atoms with Gasteiger partial charge in [0.1, 0.15) is 0 Å². The fourth-order valence-corrected chi connectivity index (χ4v) is 6.09. The minimum atomic E-state index is -3.54. The standard InChI is InChI=1S/C22H22ClN3O3S/c1-15-7-8-17(13-19(15)23)30(27,28)26-11-9-22(10-12-26)14-18(22)21-25-24-20(29-21)16-5-3-2-4-6-16/h2-8,13,18H,9-12,14H2,1H3/t18-/m1/s1. The Hall–Kier alpha value is -2.22. The maximum Gasteiger partial charge on any atom is 0.247 e. The molecule has 30 heavy (non-hydrogen) atoms. The van der Waals surface area contributed by atoms with Crippen molar-refractivity contribution < 1.29 is 12.8 Å². The third kappa shape index (κ3) is 3.35. The highest BCUT2D eigenvalue weighted by Gasteiger charge is 2.58.